The molecule has 1 saturated heterocycles. The first-order chi connectivity index (χ1) is 8.72. The lowest BCUT2D eigenvalue weighted by atomic mass is 10.1. The molecule has 0 saturated carbocycles. The highest BCUT2D eigenvalue weighted by Crippen LogP contribution is 2.30. The molecular formula is C10H12N4O4. The molecule has 2 aromatic rings. The van der Waals surface area contributed by atoms with Crippen LogP contribution in [-0.4, -0.2) is 59.8 Å². The van der Waals surface area contributed by atoms with Gasteiger partial charge in [0.15, 0.2) is 11.9 Å². The monoisotopic (exact) mass is 252 g/mol. The molecular weight excluding hydrogens is 240 g/mol. The van der Waals surface area contributed by atoms with Gasteiger partial charge in [-0.15, -0.1) is 0 Å². The molecule has 0 aromatic carbocycles. The number of aromatic nitrogens is 4. The lowest BCUT2D eigenvalue weighted by molar-refractivity contribution is -0.0511. The number of hydrogen-bond acceptors (Lipinski definition) is 7. The summed E-state index contributed by atoms with van der Waals surface area (Å²) in [6, 6.07) is 0. The Morgan fingerprint density at radius 3 is 2.83 bits per heavy atom. The van der Waals surface area contributed by atoms with Crippen molar-refractivity contribution >= 4 is 11.2 Å². The standard InChI is InChI=1S/C10H12N4O4/c15-2-6-7(16)8(17)10(18-6)14-4-13-5-1-11-3-12-9(5)14/h1,3-4,6-8,10,15-17H,2H2/t6-,7-,8-,10?/m0/s1. The van der Waals surface area contributed by atoms with Gasteiger partial charge in [0.2, 0.25) is 0 Å². The molecule has 1 aliphatic heterocycles. The van der Waals surface area contributed by atoms with E-state index in [-0.39, 0.29) is 6.61 Å². The number of imidazole rings is 1. The normalized spacial score (nSPS) is 32.2. The molecule has 1 fully saturated rings. The van der Waals surface area contributed by atoms with Crippen LogP contribution in [-0.2, 0) is 4.74 Å². The van der Waals surface area contributed by atoms with Gasteiger partial charge in [-0.3, -0.25) is 4.57 Å². The van der Waals surface area contributed by atoms with Crippen molar-refractivity contribution in [3.8, 4) is 0 Å². The van der Waals surface area contributed by atoms with Crippen molar-refractivity contribution in [2.45, 2.75) is 24.5 Å². The highest BCUT2D eigenvalue weighted by atomic mass is 16.6. The van der Waals surface area contributed by atoms with Crippen LogP contribution in [0.4, 0.5) is 0 Å². The van der Waals surface area contributed by atoms with Crippen LogP contribution in [0.5, 0.6) is 0 Å². The summed E-state index contributed by atoms with van der Waals surface area (Å²) in [7, 11) is 0. The van der Waals surface area contributed by atoms with E-state index in [1.54, 1.807) is 6.20 Å². The van der Waals surface area contributed by atoms with Gasteiger partial charge in [0.25, 0.3) is 0 Å². The second-order valence-electron chi connectivity index (χ2n) is 4.11. The second kappa shape index (κ2) is 4.25. The van der Waals surface area contributed by atoms with E-state index in [0.717, 1.165) is 0 Å². The minimum atomic E-state index is -1.14. The fraction of sp³-hybridized carbons (Fsp3) is 0.500. The van der Waals surface area contributed by atoms with Crippen LogP contribution >= 0.6 is 0 Å². The number of aliphatic hydroxyl groups is 3. The van der Waals surface area contributed by atoms with Crippen LogP contribution < -0.4 is 0 Å². The highest BCUT2D eigenvalue weighted by molar-refractivity contribution is 5.68. The summed E-state index contributed by atoms with van der Waals surface area (Å²) in [5.74, 6) is 0. The average molecular weight is 252 g/mol. The van der Waals surface area contributed by atoms with E-state index < -0.39 is 24.5 Å². The Hall–Kier alpha value is -1.61. The van der Waals surface area contributed by atoms with Gasteiger partial charge in [0.05, 0.1) is 19.1 Å². The first-order valence-electron chi connectivity index (χ1n) is 5.47. The van der Waals surface area contributed by atoms with Gasteiger partial charge in [0, 0.05) is 0 Å². The minimum Gasteiger partial charge on any atom is -0.394 e. The Balaban J connectivity index is 2.00. The van der Waals surface area contributed by atoms with Crippen LogP contribution in [0.2, 0.25) is 0 Å². The van der Waals surface area contributed by atoms with Crippen molar-refractivity contribution in [2.24, 2.45) is 0 Å². The number of aliphatic hydroxyl groups excluding tert-OH is 3. The maximum Gasteiger partial charge on any atom is 0.165 e. The molecule has 0 aliphatic carbocycles. The SMILES string of the molecule is OC[C@@H]1OC(n2cnc3cncnc32)[C@@H](O)[C@H]1O. The molecule has 2 aromatic heterocycles. The van der Waals surface area contributed by atoms with E-state index in [4.69, 9.17) is 9.84 Å². The van der Waals surface area contributed by atoms with Gasteiger partial charge < -0.3 is 20.1 Å². The molecule has 1 unspecified atom stereocenters. The quantitative estimate of drug-likeness (QED) is 0.592. The summed E-state index contributed by atoms with van der Waals surface area (Å²) in [6.07, 6.45) is 0.442. The maximum atomic E-state index is 9.91. The average Bonchev–Trinajstić information content (AvgIpc) is 2.93. The summed E-state index contributed by atoms with van der Waals surface area (Å²) in [5.41, 5.74) is 1.06. The van der Waals surface area contributed by atoms with Crippen LogP contribution in [0.15, 0.2) is 18.9 Å². The fourth-order valence-electron chi connectivity index (χ4n) is 2.08. The van der Waals surface area contributed by atoms with Gasteiger partial charge in [-0.1, -0.05) is 0 Å². The zero-order valence-electron chi connectivity index (χ0n) is 9.29. The van der Waals surface area contributed by atoms with E-state index in [2.05, 4.69) is 15.0 Å². The predicted molar refractivity (Wildman–Crippen MR) is 58.3 cm³/mol. The first-order valence-corrected chi connectivity index (χ1v) is 5.47. The van der Waals surface area contributed by atoms with E-state index in [1.165, 1.54) is 17.2 Å². The van der Waals surface area contributed by atoms with E-state index in [0.29, 0.717) is 11.2 Å². The third-order valence-electron chi connectivity index (χ3n) is 3.03. The molecule has 0 amide bonds. The Morgan fingerprint density at radius 2 is 2.11 bits per heavy atom. The highest BCUT2D eigenvalue weighted by Gasteiger charge is 2.43. The minimum absolute atomic E-state index is 0.365. The third-order valence-corrected chi connectivity index (χ3v) is 3.03. The van der Waals surface area contributed by atoms with Crippen molar-refractivity contribution in [3.05, 3.63) is 18.9 Å². The van der Waals surface area contributed by atoms with E-state index in [1.807, 2.05) is 0 Å². The van der Waals surface area contributed by atoms with E-state index in [9.17, 15) is 10.2 Å². The summed E-state index contributed by atoms with van der Waals surface area (Å²) >= 11 is 0. The lowest BCUT2D eigenvalue weighted by Gasteiger charge is -2.16. The Morgan fingerprint density at radius 1 is 1.28 bits per heavy atom. The second-order valence-corrected chi connectivity index (χ2v) is 4.11. The summed E-state index contributed by atoms with van der Waals surface area (Å²) in [5, 5.41) is 28.6. The molecule has 0 radical (unpaired) electrons. The lowest BCUT2D eigenvalue weighted by Crippen LogP contribution is -2.33. The molecule has 3 heterocycles. The number of fused-ring (bicyclic) bond motifs is 1. The Bertz CT molecular complexity index is 560. The Kier molecular flexibility index (Phi) is 2.71. The molecule has 4 atom stereocenters. The van der Waals surface area contributed by atoms with Crippen LogP contribution in [0.3, 0.4) is 0 Å². The zero-order valence-corrected chi connectivity index (χ0v) is 9.29. The molecule has 8 heteroatoms. The molecule has 8 nitrogen and oxygen atoms in total. The molecule has 0 spiro atoms. The fourth-order valence-corrected chi connectivity index (χ4v) is 2.08. The summed E-state index contributed by atoms with van der Waals surface area (Å²) < 4.78 is 6.91. The topological polar surface area (TPSA) is 114 Å². The molecule has 18 heavy (non-hydrogen) atoms. The number of ether oxygens (including phenoxy) is 1. The van der Waals surface area contributed by atoms with Crippen molar-refractivity contribution in [1.82, 2.24) is 19.5 Å². The maximum absolute atomic E-state index is 9.91. The summed E-state index contributed by atoms with van der Waals surface area (Å²) in [4.78, 5) is 12.0. The largest absolute Gasteiger partial charge is 0.394 e. The van der Waals surface area contributed by atoms with Gasteiger partial charge in [0.1, 0.15) is 30.2 Å². The van der Waals surface area contributed by atoms with Gasteiger partial charge in [-0.05, 0) is 0 Å². The van der Waals surface area contributed by atoms with Crippen molar-refractivity contribution in [3.63, 3.8) is 0 Å². The smallest absolute Gasteiger partial charge is 0.165 e. The van der Waals surface area contributed by atoms with Crippen molar-refractivity contribution in [1.29, 1.82) is 0 Å². The Labute approximate surface area is 102 Å². The van der Waals surface area contributed by atoms with Gasteiger partial charge in [-0.25, -0.2) is 15.0 Å². The first kappa shape index (κ1) is 11.5. The molecule has 0 bridgehead atoms. The van der Waals surface area contributed by atoms with Gasteiger partial charge >= 0.3 is 0 Å². The van der Waals surface area contributed by atoms with Gasteiger partial charge in [-0.2, -0.15) is 0 Å². The molecule has 96 valence electrons. The summed E-state index contributed by atoms with van der Waals surface area (Å²) in [6.45, 7) is -0.365. The predicted octanol–water partition coefficient (Wildman–Crippen LogP) is -1.56. The van der Waals surface area contributed by atoms with Crippen LogP contribution in [0, 0.1) is 0 Å². The number of rotatable bonds is 2. The number of nitrogens with zero attached hydrogens (tertiary/aromatic N) is 4. The third kappa shape index (κ3) is 1.58. The van der Waals surface area contributed by atoms with Crippen molar-refractivity contribution < 1.29 is 20.1 Å². The zero-order chi connectivity index (χ0) is 12.7. The molecule has 1 aliphatic rings. The molecule has 3 rings (SSSR count). The molecule has 3 N–H and O–H groups in total. The van der Waals surface area contributed by atoms with Crippen LogP contribution in [0.25, 0.3) is 11.2 Å². The van der Waals surface area contributed by atoms with Crippen LogP contribution in [0.1, 0.15) is 6.23 Å². The van der Waals surface area contributed by atoms with E-state index >= 15 is 0 Å². The number of hydrogen-bond donors (Lipinski definition) is 3. The van der Waals surface area contributed by atoms with Crippen molar-refractivity contribution in [2.75, 3.05) is 6.61 Å².